The molecule has 0 unspecified atom stereocenters. The van der Waals surface area contributed by atoms with Crippen molar-refractivity contribution in [1.29, 1.82) is 0 Å². The smallest absolute Gasteiger partial charge is 0.216 e. The van der Waals surface area contributed by atoms with Crippen molar-refractivity contribution in [2.24, 2.45) is 10.1 Å². The molecule has 4 aromatic rings. The van der Waals surface area contributed by atoms with Gasteiger partial charge in [-0.1, -0.05) is 12.1 Å². The lowest BCUT2D eigenvalue weighted by atomic mass is 10.2. The van der Waals surface area contributed by atoms with E-state index in [1.807, 2.05) is 65.5 Å². The molecular weight excluding hydrogens is 382 g/mol. The molecule has 0 spiro atoms. The number of nitrogens with zero attached hydrogens (tertiary/aromatic N) is 4. The summed E-state index contributed by atoms with van der Waals surface area (Å²) in [4.78, 5) is 6.66. The van der Waals surface area contributed by atoms with Crippen LogP contribution in [0.15, 0.2) is 69.4 Å². The highest BCUT2D eigenvalue weighted by Gasteiger charge is 2.08. The first-order chi connectivity index (χ1) is 12.8. The third-order valence-corrected chi connectivity index (χ3v) is 5.38. The average molecular weight is 396 g/mol. The van der Waals surface area contributed by atoms with E-state index in [9.17, 15) is 0 Å². The summed E-state index contributed by atoms with van der Waals surface area (Å²) in [5.41, 5.74) is 1.79. The topological polar surface area (TPSA) is 58.3 Å². The van der Waals surface area contributed by atoms with Gasteiger partial charge in [0, 0.05) is 21.5 Å². The molecule has 0 aliphatic carbocycles. The molecule has 0 bridgehead atoms. The Morgan fingerprint density at radius 3 is 2.31 bits per heavy atom. The van der Waals surface area contributed by atoms with Gasteiger partial charge in [-0.2, -0.15) is 14.9 Å². The molecule has 3 aromatic heterocycles. The Morgan fingerprint density at radius 1 is 0.962 bits per heavy atom. The number of aliphatic imine (C=N–C) groups is 1. The van der Waals surface area contributed by atoms with E-state index in [-0.39, 0.29) is 0 Å². The Bertz CT molecular complexity index is 1080. The summed E-state index contributed by atoms with van der Waals surface area (Å²) in [6, 6.07) is 15.8. The molecule has 0 saturated heterocycles. The second kappa shape index (κ2) is 7.69. The van der Waals surface area contributed by atoms with Gasteiger partial charge in [-0.15, -0.1) is 22.7 Å². The van der Waals surface area contributed by atoms with Crippen molar-refractivity contribution in [3.05, 3.63) is 73.8 Å². The fourth-order valence-electron chi connectivity index (χ4n) is 2.26. The molecule has 0 saturated carbocycles. The van der Waals surface area contributed by atoms with Crippen LogP contribution in [0.5, 0.6) is 0 Å². The molecule has 0 fully saturated rings. The van der Waals surface area contributed by atoms with Crippen LogP contribution in [0.3, 0.4) is 0 Å². The van der Waals surface area contributed by atoms with Crippen molar-refractivity contribution < 1.29 is 0 Å². The van der Waals surface area contributed by atoms with Crippen LogP contribution in [0.4, 0.5) is 5.69 Å². The lowest BCUT2D eigenvalue weighted by Crippen LogP contribution is -1.94. The number of hydrogen-bond acceptors (Lipinski definition) is 6. The van der Waals surface area contributed by atoms with Crippen molar-refractivity contribution >= 4 is 53.0 Å². The molecule has 8 heteroatoms. The van der Waals surface area contributed by atoms with E-state index >= 15 is 0 Å². The van der Waals surface area contributed by atoms with Crippen molar-refractivity contribution in [2.75, 3.05) is 0 Å². The minimum absolute atomic E-state index is 0.451. The number of benzene rings is 1. The van der Waals surface area contributed by atoms with Crippen LogP contribution in [0, 0.1) is 4.77 Å². The molecule has 26 heavy (non-hydrogen) atoms. The Hall–Kier alpha value is -2.68. The highest BCUT2D eigenvalue weighted by Crippen LogP contribution is 2.22. The molecular formula is C18H13N5S3. The minimum atomic E-state index is 0.451. The SMILES string of the molecule is S=c1[nH]nc(-c2ccc(N=Cc3cccs3)cc2)n1/N=C/c1cccs1. The molecule has 3 heterocycles. The highest BCUT2D eigenvalue weighted by atomic mass is 32.1. The normalized spacial score (nSPS) is 11.7. The first kappa shape index (κ1) is 16.8. The van der Waals surface area contributed by atoms with Gasteiger partial charge in [-0.25, -0.2) is 5.10 Å². The number of nitrogens with one attached hydrogen (secondary N) is 1. The van der Waals surface area contributed by atoms with Crippen molar-refractivity contribution in [3.63, 3.8) is 0 Å². The van der Waals surface area contributed by atoms with Crippen LogP contribution in [0.25, 0.3) is 11.4 Å². The Morgan fingerprint density at radius 2 is 1.65 bits per heavy atom. The van der Waals surface area contributed by atoms with Crippen LogP contribution in [0.2, 0.25) is 0 Å². The summed E-state index contributed by atoms with van der Waals surface area (Å²) in [7, 11) is 0. The van der Waals surface area contributed by atoms with Gasteiger partial charge in [0.05, 0.1) is 11.9 Å². The Labute approximate surface area is 163 Å². The zero-order valence-electron chi connectivity index (χ0n) is 13.4. The van der Waals surface area contributed by atoms with Gasteiger partial charge in [0.15, 0.2) is 5.82 Å². The fourth-order valence-corrected chi connectivity index (χ4v) is 3.61. The van der Waals surface area contributed by atoms with Gasteiger partial charge in [-0.3, -0.25) is 4.99 Å². The summed E-state index contributed by atoms with van der Waals surface area (Å²) < 4.78 is 2.08. The minimum Gasteiger partial charge on any atom is -0.255 e. The maximum Gasteiger partial charge on any atom is 0.216 e. The second-order valence-electron chi connectivity index (χ2n) is 5.24. The first-order valence-electron chi connectivity index (χ1n) is 7.73. The number of H-pyrrole nitrogens is 1. The van der Waals surface area contributed by atoms with Gasteiger partial charge in [0.1, 0.15) is 0 Å². The number of aromatic amines is 1. The standard InChI is InChI=1S/C18H13N5S3/c24-18-22-21-17(23(18)20-12-16-4-2-10-26-16)13-5-7-14(8-6-13)19-11-15-3-1-9-25-15/h1-12H,(H,22,24)/b19-11?,20-12+. The predicted octanol–water partition coefficient (Wildman–Crippen LogP) is 5.36. The van der Waals surface area contributed by atoms with Crippen LogP contribution in [0.1, 0.15) is 9.75 Å². The molecule has 128 valence electrons. The van der Waals surface area contributed by atoms with E-state index in [0.29, 0.717) is 10.6 Å². The quantitative estimate of drug-likeness (QED) is 0.365. The maximum absolute atomic E-state index is 5.29. The molecule has 4 rings (SSSR count). The molecule has 0 radical (unpaired) electrons. The summed E-state index contributed by atoms with van der Waals surface area (Å²) in [5.74, 6) is 0.664. The summed E-state index contributed by atoms with van der Waals surface area (Å²) >= 11 is 8.57. The van der Waals surface area contributed by atoms with E-state index in [2.05, 4.69) is 20.3 Å². The molecule has 1 N–H and O–H groups in total. The molecule has 0 amide bonds. The van der Waals surface area contributed by atoms with E-state index in [1.54, 1.807) is 33.6 Å². The van der Waals surface area contributed by atoms with E-state index in [1.165, 1.54) is 0 Å². The van der Waals surface area contributed by atoms with Crippen molar-refractivity contribution in [2.45, 2.75) is 0 Å². The maximum atomic E-state index is 5.29. The number of aromatic nitrogens is 3. The zero-order valence-corrected chi connectivity index (χ0v) is 15.9. The molecule has 1 aromatic carbocycles. The van der Waals surface area contributed by atoms with Gasteiger partial charge < -0.3 is 0 Å². The van der Waals surface area contributed by atoms with Crippen LogP contribution < -0.4 is 0 Å². The Balaban J connectivity index is 1.59. The van der Waals surface area contributed by atoms with Crippen LogP contribution >= 0.6 is 34.9 Å². The van der Waals surface area contributed by atoms with Gasteiger partial charge >= 0.3 is 0 Å². The summed E-state index contributed by atoms with van der Waals surface area (Å²) in [6.45, 7) is 0. The van der Waals surface area contributed by atoms with Gasteiger partial charge in [-0.05, 0) is 59.4 Å². The molecule has 0 atom stereocenters. The highest BCUT2D eigenvalue weighted by molar-refractivity contribution is 7.71. The predicted molar refractivity (Wildman–Crippen MR) is 112 cm³/mol. The third-order valence-electron chi connectivity index (χ3n) is 3.50. The van der Waals surface area contributed by atoms with E-state index < -0.39 is 0 Å². The number of rotatable bonds is 5. The number of thiophene rings is 2. The molecule has 0 aliphatic heterocycles. The molecule has 5 nitrogen and oxygen atoms in total. The van der Waals surface area contributed by atoms with Crippen molar-refractivity contribution in [1.82, 2.24) is 14.9 Å². The van der Waals surface area contributed by atoms with Gasteiger partial charge in [0.25, 0.3) is 0 Å². The second-order valence-corrected chi connectivity index (χ2v) is 7.59. The lowest BCUT2D eigenvalue weighted by Gasteiger charge is -2.01. The summed E-state index contributed by atoms with van der Waals surface area (Å²) in [6.07, 6.45) is 3.64. The first-order valence-corrected chi connectivity index (χ1v) is 9.90. The largest absolute Gasteiger partial charge is 0.255 e. The molecule has 0 aliphatic rings. The van der Waals surface area contributed by atoms with Crippen LogP contribution in [-0.2, 0) is 0 Å². The third kappa shape index (κ3) is 3.77. The Kier molecular flexibility index (Phi) is 4.96. The zero-order chi connectivity index (χ0) is 17.8. The summed E-state index contributed by atoms with van der Waals surface area (Å²) in [5, 5.41) is 15.6. The lowest BCUT2D eigenvalue weighted by molar-refractivity contribution is 0.872. The van der Waals surface area contributed by atoms with Gasteiger partial charge in [0.2, 0.25) is 4.77 Å². The average Bonchev–Trinajstić information content (AvgIpc) is 3.41. The monoisotopic (exact) mass is 395 g/mol. The van der Waals surface area contributed by atoms with Crippen molar-refractivity contribution in [3.8, 4) is 11.4 Å². The van der Waals surface area contributed by atoms with E-state index in [0.717, 1.165) is 21.0 Å². The number of hydrogen-bond donors (Lipinski definition) is 1. The van der Waals surface area contributed by atoms with Crippen LogP contribution in [-0.4, -0.2) is 27.3 Å². The van der Waals surface area contributed by atoms with E-state index in [4.69, 9.17) is 12.2 Å². The fraction of sp³-hybridized carbons (Fsp3) is 0.